The molecule has 3 nitrogen and oxygen atoms in total. The summed E-state index contributed by atoms with van der Waals surface area (Å²) in [5.41, 5.74) is 4.76. The van der Waals surface area contributed by atoms with E-state index in [1.54, 1.807) is 6.07 Å². The first-order valence-corrected chi connectivity index (χ1v) is 8.22. The molecule has 4 rings (SSSR count). The molecule has 0 aliphatic heterocycles. The average Bonchev–Trinajstić information content (AvgIpc) is 3.30. The molecule has 1 saturated carbocycles. The fourth-order valence-corrected chi connectivity index (χ4v) is 3.45. The van der Waals surface area contributed by atoms with Crippen LogP contribution in [0.3, 0.4) is 0 Å². The molecule has 0 radical (unpaired) electrons. The Morgan fingerprint density at radius 1 is 1.17 bits per heavy atom. The third kappa shape index (κ3) is 2.45. The zero-order chi connectivity index (χ0) is 16.1. The third-order valence-electron chi connectivity index (χ3n) is 4.38. The van der Waals surface area contributed by atoms with Crippen LogP contribution in [-0.4, -0.2) is 9.55 Å². The second-order valence-electron chi connectivity index (χ2n) is 6.29. The Bertz CT molecular complexity index is 987. The number of aromatic nitrogens is 2. The van der Waals surface area contributed by atoms with E-state index in [0.717, 1.165) is 46.3 Å². The van der Waals surface area contributed by atoms with Crippen molar-refractivity contribution in [1.82, 2.24) is 9.55 Å². The van der Waals surface area contributed by atoms with Gasteiger partial charge in [0.05, 0.1) is 0 Å². The fourth-order valence-electron chi connectivity index (χ4n) is 3.26. The van der Waals surface area contributed by atoms with E-state index in [2.05, 4.69) is 13.0 Å². The van der Waals surface area contributed by atoms with Crippen molar-refractivity contribution in [3.05, 3.63) is 63.0 Å². The molecule has 116 valence electrons. The van der Waals surface area contributed by atoms with Gasteiger partial charge in [0.25, 0.3) is 5.56 Å². The summed E-state index contributed by atoms with van der Waals surface area (Å²) >= 11 is 6.14. The van der Waals surface area contributed by atoms with Crippen LogP contribution in [0.15, 0.2) is 41.2 Å². The first-order chi connectivity index (χ1) is 11.0. The summed E-state index contributed by atoms with van der Waals surface area (Å²) in [6, 6.07) is 11.7. The number of hydrogen-bond acceptors (Lipinski definition) is 2. The number of aryl methyl sites for hydroxylation is 2. The van der Waals surface area contributed by atoms with Crippen molar-refractivity contribution in [1.29, 1.82) is 0 Å². The van der Waals surface area contributed by atoms with E-state index in [4.69, 9.17) is 16.6 Å². The lowest BCUT2D eigenvalue weighted by Gasteiger charge is -2.15. The first kappa shape index (κ1) is 14.5. The van der Waals surface area contributed by atoms with E-state index in [1.807, 2.05) is 35.8 Å². The van der Waals surface area contributed by atoms with Crippen LogP contribution < -0.4 is 5.56 Å². The molecule has 2 heterocycles. The summed E-state index contributed by atoms with van der Waals surface area (Å²) in [5, 5.41) is 1.71. The van der Waals surface area contributed by atoms with Gasteiger partial charge in [0.2, 0.25) is 0 Å². The normalized spacial score (nSPS) is 14.4. The van der Waals surface area contributed by atoms with Gasteiger partial charge >= 0.3 is 0 Å². The van der Waals surface area contributed by atoms with E-state index in [1.165, 1.54) is 0 Å². The van der Waals surface area contributed by atoms with Crippen LogP contribution in [0.5, 0.6) is 0 Å². The number of rotatable bonds is 2. The minimum atomic E-state index is 0.0208. The van der Waals surface area contributed by atoms with Crippen LogP contribution in [0.4, 0.5) is 0 Å². The Morgan fingerprint density at radius 3 is 2.65 bits per heavy atom. The van der Waals surface area contributed by atoms with Crippen LogP contribution in [0, 0.1) is 13.8 Å². The van der Waals surface area contributed by atoms with E-state index in [-0.39, 0.29) is 5.56 Å². The fraction of sp³-hybridized carbons (Fsp3) is 0.263. The van der Waals surface area contributed by atoms with Crippen molar-refractivity contribution in [2.24, 2.45) is 0 Å². The third-order valence-corrected chi connectivity index (χ3v) is 4.61. The molecule has 1 aliphatic rings. The second-order valence-corrected chi connectivity index (χ2v) is 6.72. The predicted molar refractivity (Wildman–Crippen MR) is 94.2 cm³/mol. The topological polar surface area (TPSA) is 34.9 Å². The highest BCUT2D eigenvalue weighted by atomic mass is 35.5. The van der Waals surface area contributed by atoms with Gasteiger partial charge in [-0.1, -0.05) is 23.7 Å². The molecule has 0 spiro atoms. The average molecular weight is 325 g/mol. The number of hydrogen-bond donors (Lipinski definition) is 0. The van der Waals surface area contributed by atoms with Gasteiger partial charge in [-0.05, 0) is 61.6 Å². The molecule has 0 saturated heterocycles. The molecule has 1 aliphatic carbocycles. The number of fused-ring (bicyclic) bond motifs is 1. The van der Waals surface area contributed by atoms with E-state index in [0.29, 0.717) is 11.1 Å². The lowest BCUT2D eigenvalue weighted by molar-refractivity contribution is 0.729. The Labute approximate surface area is 139 Å². The maximum Gasteiger partial charge on any atom is 0.253 e. The summed E-state index contributed by atoms with van der Waals surface area (Å²) in [6.07, 6.45) is 2.11. The highest BCUT2D eigenvalue weighted by molar-refractivity contribution is 6.30. The molecule has 0 amide bonds. The molecule has 3 aromatic rings. The summed E-state index contributed by atoms with van der Waals surface area (Å²) in [6.45, 7) is 4.05. The highest BCUT2D eigenvalue weighted by Crippen LogP contribution is 2.38. The lowest BCUT2D eigenvalue weighted by Crippen LogP contribution is -2.20. The highest BCUT2D eigenvalue weighted by Gasteiger charge is 2.28. The zero-order valence-electron chi connectivity index (χ0n) is 13.1. The predicted octanol–water partition coefficient (Wildman–Crippen LogP) is 4.67. The Morgan fingerprint density at radius 2 is 1.96 bits per heavy atom. The molecule has 1 fully saturated rings. The largest absolute Gasteiger partial charge is 0.290 e. The van der Waals surface area contributed by atoms with Crippen molar-refractivity contribution < 1.29 is 0 Å². The van der Waals surface area contributed by atoms with Crippen molar-refractivity contribution in [2.75, 3.05) is 0 Å². The number of halogens is 1. The van der Waals surface area contributed by atoms with Gasteiger partial charge in [0, 0.05) is 28.2 Å². The molecule has 2 aromatic heterocycles. The quantitative estimate of drug-likeness (QED) is 0.686. The first-order valence-electron chi connectivity index (χ1n) is 7.84. The SMILES string of the molecule is Cc1cc(C)c2c(-c3cccc(Cl)c3)cc(=O)n(C3CC3)c2n1. The molecular weight excluding hydrogens is 308 g/mol. The molecule has 4 heteroatoms. The minimum Gasteiger partial charge on any atom is -0.290 e. The zero-order valence-corrected chi connectivity index (χ0v) is 13.9. The maximum atomic E-state index is 12.7. The monoisotopic (exact) mass is 324 g/mol. The van der Waals surface area contributed by atoms with Gasteiger partial charge in [-0.15, -0.1) is 0 Å². The van der Waals surface area contributed by atoms with Gasteiger partial charge in [-0.2, -0.15) is 0 Å². The summed E-state index contributed by atoms with van der Waals surface area (Å²) in [7, 11) is 0. The van der Waals surface area contributed by atoms with Crippen molar-refractivity contribution in [2.45, 2.75) is 32.7 Å². The van der Waals surface area contributed by atoms with E-state index >= 15 is 0 Å². The molecule has 0 unspecified atom stereocenters. The van der Waals surface area contributed by atoms with Gasteiger partial charge in [-0.3, -0.25) is 9.36 Å². The molecule has 1 aromatic carbocycles. The lowest BCUT2D eigenvalue weighted by atomic mass is 9.99. The van der Waals surface area contributed by atoms with Crippen molar-refractivity contribution >= 4 is 22.6 Å². The number of pyridine rings is 2. The summed E-state index contributed by atoms with van der Waals surface area (Å²) < 4.78 is 1.86. The molecule has 23 heavy (non-hydrogen) atoms. The van der Waals surface area contributed by atoms with Crippen LogP contribution in [0.2, 0.25) is 5.02 Å². The van der Waals surface area contributed by atoms with Gasteiger partial charge in [-0.25, -0.2) is 4.98 Å². The van der Waals surface area contributed by atoms with E-state index in [9.17, 15) is 4.79 Å². The molecule has 0 atom stereocenters. The van der Waals surface area contributed by atoms with Gasteiger partial charge < -0.3 is 0 Å². The second kappa shape index (κ2) is 5.20. The standard InChI is InChI=1S/C19H17ClN2O/c1-11-8-12(2)21-19-18(11)16(13-4-3-5-14(20)9-13)10-17(23)22(19)15-6-7-15/h3-5,8-10,15H,6-7H2,1-2H3. The minimum absolute atomic E-state index is 0.0208. The smallest absolute Gasteiger partial charge is 0.253 e. The van der Waals surface area contributed by atoms with Crippen molar-refractivity contribution in [3.8, 4) is 11.1 Å². The Hall–Kier alpha value is -2.13. The molecule has 0 bridgehead atoms. The van der Waals surface area contributed by atoms with E-state index < -0.39 is 0 Å². The van der Waals surface area contributed by atoms with Crippen LogP contribution in [0.25, 0.3) is 22.2 Å². The van der Waals surface area contributed by atoms with Crippen LogP contribution >= 0.6 is 11.6 Å². The summed E-state index contributed by atoms with van der Waals surface area (Å²) in [5.74, 6) is 0. The van der Waals surface area contributed by atoms with Crippen LogP contribution in [0.1, 0.15) is 30.1 Å². The van der Waals surface area contributed by atoms with Gasteiger partial charge in [0.1, 0.15) is 5.65 Å². The van der Waals surface area contributed by atoms with Crippen LogP contribution in [-0.2, 0) is 0 Å². The Balaban J connectivity index is 2.14. The maximum absolute atomic E-state index is 12.7. The van der Waals surface area contributed by atoms with Crippen molar-refractivity contribution in [3.63, 3.8) is 0 Å². The Kier molecular flexibility index (Phi) is 3.27. The molecule has 0 N–H and O–H groups in total. The number of nitrogens with zero attached hydrogens (tertiary/aromatic N) is 2. The molecular formula is C19H17ClN2O. The summed E-state index contributed by atoms with van der Waals surface area (Å²) in [4.78, 5) is 17.4. The van der Waals surface area contributed by atoms with Gasteiger partial charge in [0.15, 0.2) is 0 Å². The number of benzene rings is 1.